The molecule has 0 radical (unpaired) electrons. The molecule has 3 heteroatoms. The van der Waals surface area contributed by atoms with Gasteiger partial charge in [0.1, 0.15) is 12.0 Å². The van der Waals surface area contributed by atoms with Gasteiger partial charge in [-0.15, -0.1) is 0 Å². The summed E-state index contributed by atoms with van der Waals surface area (Å²) in [6.07, 6.45) is 4.35. The molecule has 0 atom stereocenters. The van der Waals surface area contributed by atoms with E-state index in [-0.39, 0.29) is 5.75 Å². The van der Waals surface area contributed by atoms with E-state index in [2.05, 4.69) is 0 Å². The third-order valence-corrected chi connectivity index (χ3v) is 2.76. The van der Waals surface area contributed by atoms with Gasteiger partial charge in [0.05, 0.1) is 0 Å². The first-order chi connectivity index (χ1) is 8.69. The van der Waals surface area contributed by atoms with Crippen molar-refractivity contribution in [3.05, 3.63) is 64.2 Å². The molecule has 0 bridgehead atoms. The monoisotopic (exact) mass is 258 g/mol. The summed E-state index contributed by atoms with van der Waals surface area (Å²) in [5.41, 5.74) is 2.11. The van der Waals surface area contributed by atoms with Gasteiger partial charge in [-0.3, -0.25) is 4.79 Å². The largest absolute Gasteiger partial charge is 0.507 e. The number of rotatable bonds is 3. The van der Waals surface area contributed by atoms with Gasteiger partial charge in [-0.25, -0.2) is 0 Å². The Morgan fingerprint density at radius 2 is 1.61 bits per heavy atom. The topological polar surface area (TPSA) is 37.3 Å². The van der Waals surface area contributed by atoms with Crippen molar-refractivity contribution in [3.8, 4) is 5.75 Å². The Hall–Kier alpha value is -2.06. The second kappa shape index (κ2) is 5.52. The van der Waals surface area contributed by atoms with Crippen LogP contribution in [0.5, 0.6) is 5.75 Å². The van der Waals surface area contributed by atoms with Crippen LogP contribution >= 0.6 is 11.6 Å². The normalized spacial score (nSPS) is 10.7. The van der Waals surface area contributed by atoms with E-state index in [1.807, 2.05) is 18.2 Å². The number of hydrogen-bond acceptors (Lipinski definition) is 2. The molecule has 0 saturated heterocycles. The highest BCUT2D eigenvalue weighted by Crippen LogP contribution is 2.21. The van der Waals surface area contributed by atoms with Gasteiger partial charge >= 0.3 is 0 Å². The fourth-order valence-electron chi connectivity index (χ4n) is 1.54. The number of aromatic hydroxyl groups is 1. The van der Waals surface area contributed by atoms with Crippen LogP contribution in [0.15, 0.2) is 42.5 Å². The lowest BCUT2D eigenvalue weighted by molar-refractivity contribution is 0.112. The quantitative estimate of drug-likeness (QED) is 0.667. The van der Waals surface area contributed by atoms with E-state index in [9.17, 15) is 9.90 Å². The maximum atomic E-state index is 10.7. The molecule has 0 aliphatic carbocycles. The number of carbonyl (C=O) groups is 1. The van der Waals surface area contributed by atoms with Crippen molar-refractivity contribution in [2.45, 2.75) is 0 Å². The fraction of sp³-hybridized carbons (Fsp3) is 0. The van der Waals surface area contributed by atoms with E-state index in [4.69, 9.17) is 11.6 Å². The lowest BCUT2D eigenvalue weighted by atomic mass is 10.1. The Morgan fingerprint density at radius 1 is 0.944 bits per heavy atom. The Labute approximate surface area is 110 Å². The van der Waals surface area contributed by atoms with Crippen molar-refractivity contribution in [1.82, 2.24) is 0 Å². The molecule has 0 fully saturated rings. The average Bonchev–Trinajstić information content (AvgIpc) is 2.40. The molecule has 0 saturated carbocycles. The molecule has 2 nitrogen and oxygen atoms in total. The highest BCUT2D eigenvalue weighted by Gasteiger charge is 1.99. The number of benzene rings is 2. The molecule has 0 amide bonds. The molecule has 0 aliphatic rings. The van der Waals surface area contributed by atoms with E-state index in [1.54, 1.807) is 30.3 Å². The van der Waals surface area contributed by atoms with E-state index in [1.165, 1.54) is 6.07 Å². The summed E-state index contributed by atoms with van der Waals surface area (Å²) >= 11 is 5.79. The molecule has 0 aliphatic heterocycles. The van der Waals surface area contributed by atoms with Crippen molar-refractivity contribution in [1.29, 1.82) is 0 Å². The van der Waals surface area contributed by atoms with E-state index < -0.39 is 0 Å². The van der Waals surface area contributed by atoms with Gasteiger partial charge in [-0.1, -0.05) is 35.9 Å². The molecule has 0 spiro atoms. The first kappa shape index (κ1) is 12.4. The number of aldehydes is 1. The summed E-state index contributed by atoms with van der Waals surface area (Å²) in [5.74, 6) is 0.144. The van der Waals surface area contributed by atoms with E-state index in [0.717, 1.165) is 11.8 Å². The molecule has 2 rings (SSSR count). The van der Waals surface area contributed by atoms with Crippen LogP contribution in [0.2, 0.25) is 5.02 Å². The van der Waals surface area contributed by atoms with Gasteiger partial charge in [-0.05, 0) is 35.9 Å². The van der Waals surface area contributed by atoms with Crippen LogP contribution in [-0.4, -0.2) is 11.4 Å². The fourth-order valence-corrected chi connectivity index (χ4v) is 1.67. The lowest BCUT2D eigenvalue weighted by Gasteiger charge is -2.00. The van der Waals surface area contributed by atoms with Crippen LogP contribution in [0.1, 0.15) is 21.5 Å². The summed E-state index contributed by atoms with van der Waals surface area (Å²) in [4.78, 5) is 10.7. The number of phenolic OH excluding ortho intramolecular Hbond substituents is 1. The molecular weight excluding hydrogens is 248 g/mol. The standard InChI is InChI=1S/C15H11ClO2/c16-14-6-2-11(3-7-14)1-5-13-9-12(10-17)4-8-15(13)18/h1-10,18H/b5-1+. The van der Waals surface area contributed by atoms with Crippen LogP contribution in [0.25, 0.3) is 12.2 Å². The Morgan fingerprint density at radius 3 is 2.28 bits per heavy atom. The Bertz CT molecular complexity index is 586. The number of carbonyl (C=O) groups excluding carboxylic acids is 1. The third kappa shape index (κ3) is 2.99. The average molecular weight is 259 g/mol. The third-order valence-electron chi connectivity index (χ3n) is 2.51. The molecule has 0 aromatic heterocycles. The van der Waals surface area contributed by atoms with Crippen molar-refractivity contribution >= 4 is 30.0 Å². The zero-order chi connectivity index (χ0) is 13.0. The van der Waals surface area contributed by atoms with Gasteiger partial charge in [0, 0.05) is 16.1 Å². The SMILES string of the molecule is O=Cc1ccc(O)c(/C=C/c2ccc(Cl)cc2)c1. The van der Waals surface area contributed by atoms with Gasteiger partial charge in [-0.2, -0.15) is 0 Å². The lowest BCUT2D eigenvalue weighted by Crippen LogP contribution is -1.82. The highest BCUT2D eigenvalue weighted by molar-refractivity contribution is 6.30. The van der Waals surface area contributed by atoms with Crippen LogP contribution in [0.3, 0.4) is 0 Å². The summed E-state index contributed by atoms with van der Waals surface area (Å²) in [7, 11) is 0. The summed E-state index contributed by atoms with van der Waals surface area (Å²) in [5, 5.41) is 10.3. The molecule has 2 aromatic rings. The maximum absolute atomic E-state index is 10.7. The van der Waals surface area contributed by atoms with E-state index >= 15 is 0 Å². The molecular formula is C15H11ClO2. The number of phenols is 1. The number of hydrogen-bond donors (Lipinski definition) is 1. The minimum Gasteiger partial charge on any atom is -0.507 e. The summed E-state index contributed by atoms with van der Waals surface area (Å²) in [6.45, 7) is 0. The first-order valence-electron chi connectivity index (χ1n) is 5.41. The predicted molar refractivity (Wildman–Crippen MR) is 73.9 cm³/mol. The zero-order valence-corrected chi connectivity index (χ0v) is 10.3. The molecule has 1 N–H and O–H groups in total. The van der Waals surface area contributed by atoms with Crippen molar-refractivity contribution in [2.24, 2.45) is 0 Å². The molecule has 18 heavy (non-hydrogen) atoms. The van der Waals surface area contributed by atoms with E-state index in [0.29, 0.717) is 16.1 Å². The van der Waals surface area contributed by atoms with Crippen molar-refractivity contribution in [2.75, 3.05) is 0 Å². The molecule has 90 valence electrons. The van der Waals surface area contributed by atoms with Crippen LogP contribution in [0.4, 0.5) is 0 Å². The number of halogens is 1. The van der Waals surface area contributed by atoms with Gasteiger partial charge in [0.25, 0.3) is 0 Å². The van der Waals surface area contributed by atoms with Crippen LogP contribution in [-0.2, 0) is 0 Å². The van der Waals surface area contributed by atoms with Crippen LogP contribution in [0, 0.1) is 0 Å². The highest BCUT2D eigenvalue weighted by atomic mass is 35.5. The Kier molecular flexibility index (Phi) is 3.80. The van der Waals surface area contributed by atoms with Gasteiger partial charge in [0.15, 0.2) is 0 Å². The van der Waals surface area contributed by atoms with Gasteiger partial charge < -0.3 is 5.11 Å². The molecule has 0 heterocycles. The zero-order valence-electron chi connectivity index (χ0n) is 9.51. The first-order valence-corrected chi connectivity index (χ1v) is 5.79. The smallest absolute Gasteiger partial charge is 0.150 e. The summed E-state index contributed by atoms with van der Waals surface area (Å²) < 4.78 is 0. The minimum atomic E-state index is 0.144. The molecule has 0 unspecified atom stereocenters. The summed E-state index contributed by atoms with van der Waals surface area (Å²) in [6, 6.07) is 12.0. The van der Waals surface area contributed by atoms with Crippen molar-refractivity contribution < 1.29 is 9.90 Å². The van der Waals surface area contributed by atoms with Crippen molar-refractivity contribution in [3.63, 3.8) is 0 Å². The van der Waals surface area contributed by atoms with Crippen LogP contribution < -0.4 is 0 Å². The maximum Gasteiger partial charge on any atom is 0.150 e. The Balaban J connectivity index is 2.27. The molecule has 2 aromatic carbocycles. The second-order valence-electron chi connectivity index (χ2n) is 3.82. The minimum absolute atomic E-state index is 0.144. The van der Waals surface area contributed by atoms with Gasteiger partial charge in [0.2, 0.25) is 0 Å². The second-order valence-corrected chi connectivity index (χ2v) is 4.26. The predicted octanol–water partition coefficient (Wildman–Crippen LogP) is 4.03.